The lowest BCUT2D eigenvalue weighted by atomic mass is 10.1. The highest BCUT2D eigenvalue weighted by atomic mass is 32.1. The van der Waals surface area contributed by atoms with Gasteiger partial charge in [-0.15, -0.1) is 11.3 Å². The van der Waals surface area contributed by atoms with Crippen LogP contribution in [0.3, 0.4) is 0 Å². The Morgan fingerprint density at radius 3 is 2.56 bits per heavy atom. The molecule has 0 aliphatic carbocycles. The first kappa shape index (κ1) is 21.5. The quantitative estimate of drug-likeness (QED) is 0.296. The number of aromatic nitrogens is 3. The largest absolute Gasteiger partial charge is 0.493 e. The number of hydrogen-bond donors (Lipinski definition) is 2. The maximum Gasteiger partial charge on any atom is 0.336 e. The lowest BCUT2D eigenvalue weighted by Crippen LogP contribution is -1.99. The Morgan fingerprint density at radius 2 is 1.82 bits per heavy atom. The number of carbonyl (C=O) groups is 1. The van der Waals surface area contributed by atoms with Gasteiger partial charge < -0.3 is 24.3 Å². The van der Waals surface area contributed by atoms with E-state index in [1.54, 1.807) is 51.1 Å². The Bertz CT molecular complexity index is 1540. The molecule has 0 aliphatic heterocycles. The molecule has 3 heterocycles. The van der Waals surface area contributed by atoms with E-state index in [2.05, 4.69) is 15.0 Å². The summed E-state index contributed by atoms with van der Waals surface area (Å²) >= 11 is 1.40. The molecule has 0 bridgehead atoms. The molecule has 9 heteroatoms. The van der Waals surface area contributed by atoms with Crippen molar-refractivity contribution < 1.29 is 24.1 Å². The molecular weight excluding hydrogens is 454 g/mol. The van der Waals surface area contributed by atoms with Gasteiger partial charge in [0, 0.05) is 34.6 Å². The molecule has 0 fully saturated rings. The van der Waals surface area contributed by atoms with Crippen molar-refractivity contribution in [2.45, 2.75) is 0 Å². The number of carboxylic acid groups (broad SMARTS) is 1. The molecule has 5 rings (SSSR count). The fourth-order valence-corrected chi connectivity index (χ4v) is 4.73. The zero-order valence-corrected chi connectivity index (χ0v) is 19.1. The summed E-state index contributed by atoms with van der Waals surface area (Å²) in [5.74, 6) is 1.17. The average Bonchev–Trinajstić information content (AvgIpc) is 3.45. The summed E-state index contributed by atoms with van der Waals surface area (Å²) in [5, 5.41) is 10.7. The summed E-state index contributed by atoms with van der Waals surface area (Å²) in [5.41, 5.74) is 2.32. The van der Waals surface area contributed by atoms with Gasteiger partial charge in [0.05, 0.1) is 42.0 Å². The number of nitrogens with zero attached hydrogens (tertiary/aromatic N) is 2. The molecule has 0 aliphatic rings. The molecule has 0 unspecified atom stereocenters. The zero-order chi connectivity index (χ0) is 23.7. The Labute approximate surface area is 198 Å². The van der Waals surface area contributed by atoms with Crippen LogP contribution in [0.4, 0.5) is 0 Å². The van der Waals surface area contributed by atoms with Crippen LogP contribution in [0.5, 0.6) is 23.0 Å². The number of carboxylic acids is 1. The van der Waals surface area contributed by atoms with E-state index in [4.69, 9.17) is 14.2 Å². The number of nitrogens with one attached hydrogen (secondary N) is 1. The Balaban J connectivity index is 1.71. The van der Waals surface area contributed by atoms with E-state index >= 15 is 0 Å². The fraction of sp³-hybridized carbons (Fsp3) is 0.0800. The topological polar surface area (TPSA) is 107 Å². The first-order chi connectivity index (χ1) is 16.6. The van der Waals surface area contributed by atoms with Gasteiger partial charge in [0.15, 0.2) is 17.2 Å². The van der Waals surface area contributed by atoms with Gasteiger partial charge in [0.1, 0.15) is 5.75 Å². The van der Waals surface area contributed by atoms with Gasteiger partial charge >= 0.3 is 5.97 Å². The number of H-pyrrole nitrogens is 1. The van der Waals surface area contributed by atoms with Gasteiger partial charge in [0.25, 0.3) is 0 Å². The number of imidazole rings is 1. The molecule has 170 valence electrons. The molecular formula is C25H19N3O5S. The van der Waals surface area contributed by atoms with Gasteiger partial charge in [-0.3, -0.25) is 4.98 Å². The van der Waals surface area contributed by atoms with Crippen LogP contribution >= 0.6 is 11.3 Å². The van der Waals surface area contributed by atoms with E-state index in [1.807, 2.05) is 30.3 Å². The van der Waals surface area contributed by atoms with Crippen LogP contribution in [-0.2, 0) is 4.79 Å². The summed E-state index contributed by atoms with van der Waals surface area (Å²) < 4.78 is 18.2. The first-order valence-corrected chi connectivity index (χ1v) is 11.0. The molecule has 3 aromatic heterocycles. The van der Waals surface area contributed by atoms with Crippen LogP contribution in [0.25, 0.3) is 32.8 Å². The van der Waals surface area contributed by atoms with E-state index in [9.17, 15) is 9.90 Å². The summed E-state index contributed by atoms with van der Waals surface area (Å²) in [6.07, 6.45) is 6.35. The molecule has 0 saturated heterocycles. The number of ether oxygens (including phenoxy) is 3. The van der Waals surface area contributed by atoms with Gasteiger partial charge in [-0.1, -0.05) is 0 Å². The van der Waals surface area contributed by atoms with E-state index in [-0.39, 0.29) is 5.57 Å². The van der Waals surface area contributed by atoms with E-state index in [0.29, 0.717) is 33.4 Å². The molecule has 34 heavy (non-hydrogen) atoms. The summed E-state index contributed by atoms with van der Waals surface area (Å²) in [6.45, 7) is 0. The van der Waals surface area contributed by atoms with Gasteiger partial charge in [-0.05, 0) is 42.0 Å². The predicted molar refractivity (Wildman–Crippen MR) is 131 cm³/mol. The first-order valence-electron chi connectivity index (χ1n) is 10.2. The number of rotatable bonds is 7. The van der Waals surface area contributed by atoms with Crippen molar-refractivity contribution in [1.82, 2.24) is 15.0 Å². The molecule has 0 radical (unpaired) electrons. The van der Waals surface area contributed by atoms with Gasteiger partial charge in [0.2, 0.25) is 0 Å². The highest BCUT2D eigenvalue weighted by Crippen LogP contribution is 2.46. The number of methoxy groups -OCH3 is 2. The molecule has 5 aromatic rings. The van der Waals surface area contributed by atoms with Gasteiger partial charge in [-0.25, -0.2) is 9.78 Å². The van der Waals surface area contributed by atoms with Crippen LogP contribution in [0.1, 0.15) is 10.4 Å². The SMILES string of the molecule is COc1cc2sc(/C=C(/C(=O)O)c3ccncc3)c(Oc3ccc4nc[nH]c4c3)c2cc1OC. The number of aliphatic carboxylic acids is 1. The van der Waals surface area contributed by atoms with Gasteiger partial charge in [-0.2, -0.15) is 0 Å². The Morgan fingerprint density at radius 1 is 1.06 bits per heavy atom. The lowest BCUT2D eigenvalue weighted by molar-refractivity contribution is -0.130. The molecule has 8 nitrogen and oxygen atoms in total. The summed E-state index contributed by atoms with van der Waals surface area (Å²) in [6, 6.07) is 12.5. The second kappa shape index (κ2) is 8.87. The van der Waals surface area contributed by atoms with Crippen molar-refractivity contribution in [3.63, 3.8) is 0 Å². The lowest BCUT2D eigenvalue weighted by Gasteiger charge is -2.10. The smallest absolute Gasteiger partial charge is 0.336 e. The van der Waals surface area contributed by atoms with Crippen molar-refractivity contribution in [2.24, 2.45) is 0 Å². The van der Waals surface area contributed by atoms with Crippen molar-refractivity contribution in [1.29, 1.82) is 0 Å². The standard InChI is InChI=1S/C25H19N3O5S/c1-31-20-10-17-22(12-21(20)32-2)34-23(11-16(25(29)30)14-5-7-26-8-6-14)24(17)33-15-3-4-18-19(9-15)28-13-27-18/h3-13H,1-2H3,(H,27,28)(H,29,30)/b16-11+. The molecule has 0 spiro atoms. The van der Waals surface area contributed by atoms with Crippen LogP contribution in [0, 0.1) is 0 Å². The van der Waals surface area contributed by atoms with Crippen LogP contribution in [0.2, 0.25) is 0 Å². The molecule has 2 N–H and O–H groups in total. The highest BCUT2D eigenvalue weighted by Gasteiger charge is 2.20. The monoisotopic (exact) mass is 473 g/mol. The normalized spacial score (nSPS) is 11.6. The summed E-state index contributed by atoms with van der Waals surface area (Å²) in [7, 11) is 3.14. The van der Waals surface area contributed by atoms with Crippen molar-refractivity contribution in [3.05, 3.63) is 71.6 Å². The minimum atomic E-state index is -1.05. The van der Waals surface area contributed by atoms with E-state index < -0.39 is 5.97 Å². The predicted octanol–water partition coefficient (Wildman–Crippen LogP) is 5.61. The molecule has 0 amide bonds. The number of benzene rings is 2. The number of fused-ring (bicyclic) bond motifs is 2. The molecule has 2 aromatic carbocycles. The minimum Gasteiger partial charge on any atom is -0.493 e. The number of pyridine rings is 1. The van der Waals surface area contributed by atoms with E-state index in [0.717, 1.165) is 21.1 Å². The van der Waals surface area contributed by atoms with Crippen molar-refractivity contribution in [2.75, 3.05) is 14.2 Å². The zero-order valence-electron chi connectivity index (χ0n) is 18.2. The molecule has 0 atom stereocenters. The van der Waals surface area contributed by atoms with Crippen molar-refractivity contribution in [3.8, 4) is 23.0 Å². The average molecular weight is 474 g/mol. The van der Waals surface area contributed by atoms with E-state index in [1.165, 1.54) is 11.3 Å². The van der Waals surface area contributed by atoms with Crippen LogP contribution in [0.15, 0.2) is 61.2 Å². The van der Waals surface area contributed by atoms with Crippen molar-refractivity contribution >= 4 is 50.1 Å². The number of aromatic amines is 1. The third-order valence-electron chi connectivity index (χ3n) is 5.28. The number of thiophene rings is 1. The Kier molecular flexibility index (Phi) is 5.60. The maximum absolute atomic E-state index is 12.1. The Hall–Kier alpha value is -4.37. The van der Waals surface area contributed by atoms with Crippen LogP contribution in [-0.4, -0.2) is 40.2 Å². The number of hydrogen-bond acceptors (Lipinski definition) is 7. The summed E-state index contributed by atoms with van der Waals surface area (Å²) in [4.78, 5) is 24.1. The maximum atomic E-state index is 12.1. The van der Waals surface area contributed by atoms with Crippen LogP contribution < -0.4 is 14.2 Å². The minimum absolute atomic E-state index is 0.127. The second-order valence-electron chi connectivity index (χ2n) is 7.28. The fourth-order valence-electron chi connectivity index (χ4n) is 3.65. The second-order valence-corrected chi connectivity index (χ2v) is 8.37. The molecule has 0 saturated carbocycles. The third-order valence-corrected chi connectivity index (χ3v) is 6.36. The third kappa shape index (κ3) is 3.93. The highest BCUT2D eigenvalue weighted by molar-refractivity contribution is 7.20.